The van der Waals surface area contributed by atoms with E-state index in [0.717, 1.165) is 17.7 Å². The van der Waals surface area contributed by atoms with Crippen molar-refractivity contribution in [2.75, 3.05) is 13.2 Å². The summed E-state index contributed by atoms with van der Waals surface area (Å²) in [5, 5.41) is 8.93. The average Bonchev–Trinajstić information content (AvgIpc) is 3.48. The zero-order chi connectivity index (χ0) is 24.6. The van der Waals surface area contributed by atoms with Gasteiger partial charge in [0.1, 0.15) is 11.6 Å². The van der Waals surface area contributed by atoms with E-state index < -0.39 is 52.9 Å². The normalized spacial score (nSPS) is 30.9. The van der Waals surface area contributed by atoms with Crippen LogP contribution in [0.25, 0.3) is 0 Å². The van der Waals surface area contributed by atoms with Crippen molar-refractivity contribution < 1.29 is 45.3 Å². The van der Waals surface area contributed by atoms with Crippen LogP contribution in [0.5, 0.6) is 0 Å². The van der Waals surface area contributed by atoms with Crippen molar-refractivity contribution in [3.63, 3.8) is 0 Å². The molecule has 2 heterocycles. The third-order valence-electron chi connectivity index (χ3n) is 7.34. The predicted octanol–water partition coefficient (Wildman–Crippen LogP) is 4.78. The van der Waals surface area contributed by atoms with Gasteiger partial charge in [-0.15, -0.1) is 0 Å². The van der Waals surface area contributed by atoms with Crippen LogP contribution in [-0.2, 0) is 27.1 Å². The maximum atomic E-state index is 15.6. The molecule has 2 atom stereocenters. The minimum Gasteiger partial charge on any atom is -0.382 e. The fraction of sp³-hybridized carbons (Fsp3) is 0.522. The van der Waals surface area contributed by atoms with Crippen LogP contribution >= 0.6 is 0 Å². The summed E-state index contributed by atoms with van der Waals surface area (Å²) in [7, 11) is 0. The number of hydrogen-bond donors (Lipinski definition) is 1. The molecule has 34 heavy (non-hydrogen) atoms. The van der Waals surface area contributed by atoms with Crippen LogP contribution in [0.3, 0.4) is 0 Å². The Balaban J connectivity index is 1.23. The van der Waals surface area contributed by atoms with Crippen molar-refractivity contribution in [2.24, 2.45) is 5.41 Å². The number of halogens is 7. The van der Waals surface area contributed by atoms with Gasteiger partial charge in [-0.1, -0.05) is 6.07 Å². The summed E-state index contributed by atoms with van der Waals surface area (Å²) in [5.41, 5.74) is -3.25. The van der Waals surface area contributed by atoms with E-state index in [9.17, 15) is 22.0 Å². The molecular formula is C23H20F7NO3. The highest BCUT2D eigenvalue weighted by atomic mass is 19.4. The maximum Gasteiger partial charge on any atom is 0.416 e. The van der Waals surface area contributed by atoms with Gasteiger partial charge < -0.3 is 14.6 Å². The largest absolute Gasteiger partial charge is 0.416 e. The molecule has 1 saturated heterocycles. The number of ether oxygens (including phenoxy) is 2. The third-order valence-corrected chi connectivity index (χ3v) is 7.34. The lowest BCUT2D eigenvalue weighted by molar-refractivity contribution is -0.306. The molecule has 1 aromatic carbocycles. The lowest BCUT2D eigenvalue weighted by Crippen LogP contribution is -2.74. The van der Waals surface area contributed by atoms with Crippen LogP contribution in [0.1, 0.15) is 36.1 Å². The first-order chi connectivity index (χ1) is 15.8. The number of rotatable bonds is 8. The number of aliphatic hydroxyl groups is 1. The molecule has 0 radical (unpaired) electrons. The van der Waals surface area contributed by atoms with Crippen LogP contribution in [0, 0.1) is 17.0 Å². The van der Waals surface area contributed by atoms with Crippen molar-refractivity contribution in [2.45, 2.75) is 55.1 Å². The molecule has 11 heteroatoms. The molecule has 1 aliphatic heterocycles. The maximum absolute atomic E-state index is 15.6. The van der Waals surface area contributed by atoms with Gasteiger partial charge >= 0.3 is 6.18 Å². The number of aromatic nitrogens is 1. The summed E-state index contributed by atoms with van der Waals surface area (Å²) >= 11 is 0. The average molecular weight is 491 g/mol. The second kappa shape index (κ2) is 7.38. The molecule has 6 rings (SSSR count). The summed E-state index contributed by atoms with van der Waals surface area (Å²) in [6.45, 7) is -1.52. The van der Waals surface area contributed by atoms with Gasteiger partial charge in [-0.25, -0.2) is 17.6 Å². The Morgan fingerprint density at radius 2 is 1.74 bits per heavy atom. The monoisotopic (exact) mass is 491 g/mol. The van der Waals surface area contributed by atoms with Crippen molar-refractivity contribution in [3.05, 3.63) is 65.0 Å². The van der Waals surface area contributed by atoms with E-state index in [0.29, 0.717) is 11.8 Å². The Bertz CT molecular complexity index is 1080. The molecule has 0 spiro atoms. The highest BCUT2D eigenvalue weighted by molar-refractivity contribution is 5.44. The number of pyridine rings is 1. The Hall–Kier alpha value is -2.24. The van der Waals surface area contributed by atoms with Gasteiger partial charge in [0, 0.05) is 23.2 Å². The molecule has 1 aromatic heterocycles. The topological polar surface area (TPSA) is 54.9 Å². The van der Waals surface area contributed by atoms with E-state index in [2.05, 4.69) is 4.98 Å². The van der Waals surface area contributed by atoms with Crippen molar-refractivity contribution in [1.29, 1.82) is 0 Å². The van der Waals surface area contributed by atoms with Gasteiger partial charge in [0.25, 0.3) is 5.92 Å². The molecule has 4 nitrogen and oxygen atoms in total. The van der Waals surface area contributed by atoms with E-state index in [1.165, 1.54) is 6.20 Å². The number of hydrogen-bond acceptors (Lipinski definition) is 4. The quantitative estimate of drug-likeness (QED) is 0.427. The Morgan fingerprint density at radius 3 is 2.26 bits per heavy atom. The van der Waals surface area contributed by atoms with E-state index >= 15 is 8.78 Å². The van der Waals surface area contributed by atoms with Crippen LogP contribution in [0.2, 0.25) is 0 Å². The predicted molar refractivity (Wildman–Crippen MR) is 103 cm³/mol. The first-order valence-electron chi connectivity index (χ1n) is 10.6. The molecule has 2 bridgehead atoms. The molecule has 2 aromatic rings. The molecular weight excluding hydrogens is 471 g/mol. The standard InChI is InChI=1S/C23H20F7NO3/c24-14-2-4-16(17(25)5-14)21(12-34-21)23(29,30)20-9-19(10-20,11-20)13-1-3-15(31-6-13)7-33-8-18(32)22(26,27)28/h1-6,18,32H,7-12H2. The molecule has 0 amide bonds. The first-order valence-corrected chi connectivity index (χ1v) is 10.6. The number of benzene rings is 1. The van der Waals surface area contributed by atoms with Gasteiger partial charge in [0.15, 0.2) is 11.7 Å². The smallest absolute Gasteiger partial charge is 0.382 e. The van der Waals surface area contributed by atoms with Crippen molar-refractivity contribution in [3.8, 4) is 0 Å². The second-order valence-electron chi connectivity index (χ2n) is 9.52. The van der Waals surface area contributed by atoms with Crippen LogP contribution < -0.4 is 0 Å². The van der Waals surface area contributed by atoms with Crippen LogP contribution in [0.15, 0.2) is 36.5 Å². The Labute approximate surface area is 189 Å². The molecule has 4 fully saturated rings. The van der Waals surface area contributed by atoms with Gasteiger partial charge in [-0.2, -0.15) is 13.2 Å². The summed E-state index contributed by atoms with van der Waals surface area (Å²) in [4.78, 5) is 4.14. The summed E-state index contributed by atoms with van der Waals surface area (Å²) in [6.07, 6.45) is -5.43. The second-order valence-corrected chi connectivity index (χ2v) is 9.52. The minimum atomic E-state index is -4.77. The number of nitrogens with zero attached hydrogens (tertiary/aromatic N) is 1. The van der Waals surface area contributed by atoms with Gasteiger partial charge in [-0.05, 0) is 48.4 Å². The van der Waals surface area contributed by atoms with Crippen LogP contribution in [0.4, 0.5) is 30.7 Å². The Morgan fingerprint density at radius 1 is 1.06 bits per heavy atom. The van der Waals surface area contributed by atoms with Gasteiger partial charge in [-0.3, -0.25) is 4.98 Å². The van der Waals surface area contributed by atoms with Gasteiger partial charge in [0.2, 0.25) is 0 Å². The van der Waals surface area contributed by atoms with Crippen molar-refractivity contribution in [1.82, 2.24) is 4.98 Å². The summed E-state index contributed by atoms with van der Waals surface area (Å²) in [5.74, 6) is -5.29. The highest BCUT2D eigenvalue weighted by Crippen LogP contribution is 2.81. The zero-order valence-electron chi connectivity index (χ0n) is 17.6. The zero-order valence-corrected chi connectivity index (χ0v) is 17.6. The fourth-order valence-corrected chi connectivity index (χ4v) is 5.44. The third kappa shape index (κ3) is 3.35. The fourth-order valence-electron chi connectivity index (χ4n) is 5.44. The minimum absolute atomic E-state index is 0.149. The Kier molecular flexibility index (Phi) is 5.10. The number of epoxide rings is 1. The summed E-state index contributed by atoms with van der Waals surface area (Å²) in [6, 6.07) is 5.72. The SMILES string of the molecule is OC(COCc1ccc(C23CC(C(F)(F)C4(c5ccc(F)cc5F)CO4)(C2)C3)cn1)C(F)(F)F. The summed E-state index contributed by atoms with van der Waals surface area (Å²) < 4.78 is 106. The molecule has 3 aliphatic carbocycles. The van der Waals surface area contributed by atoms with E-state index in [1.807, 2.05) is 0 Å². The first kappa shape index (κ1) is 23.5. The van der Waals surface area contributed by atoms with Gasteiger partial charge in [0.05, 0.1) is 25.5 Å². The van der Waals surface area contributed by atoms with E-state index in [1.54, 1.807) is 12.1 Å². The number of alkyl halides is 5. The molecule has 3 saturated carbocycles. The molecule has 184 valence electrons. The highest BCUT2D eigenvalue weighted by Gasteiger charge is 2.85. The lowest BCUT2D eigenvalue weighted by atomic mass is 9.31. The number of aliphatic hydroxyl groups excluding tert-OH is 1. The van der Waals surface area contributed by atoms with Crippen LogP contribution in [-0.4, -0.2) is 41.5 Å². The lowest BCUT2D eigenvalue weighted by Gasteiger charge is -2.73. The van der Waals surface area contributed by atoms with Crippen molar-refractivity contribution >= 4 is 0 Å². The van der Waals surface area contributed by atoms with E-state index in [-0.39, 0.29) is 38.0 Å². The molecule has 1 N–H and O–H groups in total. The molecule has 4 aliphatic rings. The molecule has 2 unspecified atom stereocenters. The van der Waals surface area contributed by atoms with E-state index in [4.69, 9.17) is 14.6 Å².